The van der Waals surface area contributed by atoms with Gasteiger partial charge in [-0.25, -0.2) is 4.79 Å². The van der Waals surface area contributed by atoms with E-state index in [4.69, 9.17) is 19.0 Å². The molecule has 2 aromatic rings. The molecule has 0 fully saturated rings. The third-order valence-corrected chi connectivity index (χ3v) is 3.85. The van der Waals surface area contributed by atoms with E-state index in [2.05, 4.69) is 5.16 Å². The predicted molar refractivity (Wildman–Crippen MR) is 92.6 cm³/mol. The summed E-state index contributed by atoms with van der Waals surface area (Å²) >= 11 is 0. The van der Waals surface area contributed by atoms with E-state index in [1.54, 1.807) is 44.6 Å². The number of benzene rings is 2. The second kappa shape index (κ2) is 7.25. The molecule has 0 bridgehead atoms. The minimum Gasteiger partial charge on any atom is -0.497 e. The summed E-state index contributed by atoms with van der Waals surface area (Å²) in [4.78, 5) is 17.3. The molecule has 1 aliphatic rings. The van der Waals surface area contributed by atoms with Crippen molar-refractivity contribution in [2.75, 3.05) is 14.2 Å². The largest absolute Gasteiger partial charge is 0.497 e. The minimum absolute atomic E-state index is 0.0751. The number of carbonyl (C=O) groups is 1. The fourth-order valence-corrected chi connectivity index (χ4v) is 2.59. The second-order valence-electron chi connectivity index (χ2n) is 5.64. The number of methoxy groups -OCH3 is 2. The summed E-state index contributed by atoms with van der Waals surface area (Å²) in [5.74, 6) is 1.40. The lowest BCUT2D eigenvalue weighted by Crippen LogP contribution is -2.25. The molecule has 130 valence electrons. The molecule has 0 amide bonds. The lowest BCUT2D eigenvalue weighted by molar-refractivity contribution is 0.0512. The first-order valence-corrected chi connectivity index (χ1v) is 7.88. The molecular weight excluding hydrogens is 322 g/mol. The van der Waals surface area contributed by atoms with Crippen molar-refractivity contribution in [3.05, 3.63) is 53.6 Å². The Morgan fingerprint density at radius 3 is 2.64 bits per heavy atom. The number of ether oxygens (including phenoxy) is 3. The van der Waals surface area contributed by atoms with Crippen LogP contribution in [0.1, 0.15) is 29.3 Å². The van der Waals surface area contributed by atoms with Crippen molar-refractivity contribution in [3.8, 4) is 17.2 Å². The monoisotopic (exact) mass is 341 g/mol. The van der Waals surface area contributed by atoms with Gasteiger partial charge in [-0.3, -0.25) is 0 Å². The number of rotatable bonds is 4. The van der Waals surface area contributed by atoms with Crippen molar-refractivity contribution in [1.82, 2.24) is 0 Å². The first-order chi connectivity index (χ1) is 12.1. The average Bonchev–Trinajstić information content (AvgIpc) is 2.65. The van der Waals surface area contributed by atoms with E-state index in [-0.39, 0.29) is 6.10 Å². The van der Waals surface area contributed by atoms with Crippen molar-refractivity contribution in [2.45, 2.75) is 19.4 Å². The van der Waals surface area contributed by atoms with E-state index in [9.17, 15) is 4.79 Å². The van der Waals surface area contributed by atoms with E-state index in [1.165, 1.54) is 0 Å². The fraction of sp³-hybridized carbons (Fsp3) is 0.263. The lowest BCUT2D eigenvalue weighted by Gasteiger charge is -2.24. The van der Waals surface area contributed by atoms with E-state index < -0.39 is 5.97 Å². The maximum atomic E-state index is 12.2. The molecule has 0 aromatic heterocycles. The van der Waals surface area contributed by atoms with Gasteiger partial charge < -0.3 is 19.0 Å². The smallest absolute Gasteiger partial charge is 0.365 e. The van der Waals surface area contributed by atoms with Gasteiger partial charge in [0.1, 0.15) is 23.4 Å². The Balaban J connectivity index is 1.83. The van der Waals surface area contributed by atoms with Gasteiger partial charge in [-0.15, -0.1) is 0 Å². The summed E-state index contributed by atoms with van der Waals surface area (Å²) in [5, 5.41) is 4.07. The SMILES string of the molecule is COc1cccc(C(=O)O/N=C2\C[C@H](C)Oc3cc(OC)ccc32)c1. The topological polar surface area (TPSA) is 66.4 Å². The van der Waals surface area contributed by atoms with E-state index in [0.29, 0.717) is 34.9 Å². The molecule has 0 saturated heterocycles. The zero-order valence-electron chi connectivity index (χ0n) is 14.3. The molecule has 0 N–H and O–H groups in total. The van der Waals surface area contributed by atoms with Crippen LogP contribution in [0.15, 0.2) is 47.6 Å². The molecule has 3 rings (SSSR count). The van der Waals surface area contributed by atoms with Crippen molar-refractivity contribution in [2.24, 2.45) is 5.16 Å². The minimum atomic E-state index is -0.541. The number of nitrogens with zero attached hydrogens (tertiary/aromatic N) is 1. The summed E-state index contributed by atoms with van der Waals surface area (Å²) in [6.07, 6.45) is 0.471. The number of hydrogen-bond donors (Lipinski definition) is 0. The third-order valence-electron chi connectivity index (χ3n) is 3.85. The van der Waals surface area contributed by atoms with Crippen molar-refractivity contribution >= 4 is 11.7 Å². The molecule has 0 unspecified atom stereocenters. The Morgan fingerprint density at radius 1 is 1.12 bits per heavy atom. The van der Waals surface area contributed by atoms with Crippen molar-refractivity contribution in [3.63, 3.8) is 0 Å². The molecule has 2 aromatic carbocycles. The fourth-order valence-electron chi connectivity index (χ4n) is 2.59. The highest BCUT2D eigenvalue weighted by atomic mass is 16.7. The summed E-state index contributed by atoms with van der Waals surface area (Å²) in [5.41, 5.74) is 1.82. The predicted octanol–water partition coefficient (Wildman–Crippen LogP) is 3.44. The van der Waals surface area contributed by atoms with Crippen LogP contribution in [0.2, 0.25) is 0 Å². The molecule has 1 atom stereocenters. The number of hydrogen-bond acceptors (Lipinski definition) is 6. The van der Waals surface area contributed by atoms with Crippen molar-refractivity contribution in [1.29, 1.82) is 0 Å². The van der Waals surface area contributed by atoms with Gasteiger partial charge >= 0.3 is 5.97 Å². The highest BCUT2D eigenvalue weighted by Gasteiger charge is 2.23. The van der Waals surface area contributed by atoms with Crippen molar-refractivity contribution < 1.29 is 23.8 Å². The zero-order valence-corrected chi connectivity index (χ0v) is 14.3. The maximum absolute atomic E-state index is 12.2. The second-order valence-corrected chi connectivity index (χ2v) is 5.64. The summed E-state index contributed by atoms with van der Waals surface area (Å²) in [7, 11) is 3.14. The number of carbonyl (C=O) groups excluding carboxylic acids is 1. The summed E-state index contributed by atoms with van der Waals surface area (Å²) in [6.45, 7) is 1.93. The Morgan fingerprint density at radius 2 is 1.88 bits per heavy atom. The van der Waals surface area contributed by atoms with Gasteiger partial charge in [-0.05, 0) is 37.3 Å². The van der Waals surface area contributed by atoms with Crippen LogP contribution in [0.5, 0.6) is 17.2 Å². The molecule has 0 saturated carbocycles. The van der Waals surface area contributed by atoms with Crippen LogP contribution in [0.4, 0.5) is 0 Å². The quantitative estimate of drug-likeness (QED) is 0.629. The van der Waals surface area contributed by atoms with Gasteiger partial charge in [0.2, 0.25) is 0 Å². The first-order valence-electron chi connectivity index (χ1n) is 7.88. The first kappa shape index (κ1) is 16.8. The maximum Gasteiger partial charge on any atom is 0.365 e. The average molecular weight is 341 g/mol. The molecule has 6 heteroatoms. The van der Waals surface area contributed by atoms with Crippen LogP contribution in [-0.2, 0) is 4.84 Å². The summed E-state index contributed by atoms with van der Waals surface area (Å²) in [6, 6.07) is 12.2. The standard InChI is InChI=1S/C19H19NO5/c1-12-9-17(16-8-7-15(23-3)11-18(16)24-12)20-25-19(21)13-5-4-6-14(10-13)22-2/h4-8,10-12H,9H2,1-3H3/b20-17+/t12-/m0/s1. The highest BCUT2D eigenvalue weighted by Crippen LogP contribution is 2.31. The molecular formula is C19H19NO5. The Bertz CT molecular complexity index is 815. The zero-order chi connectivity index (χ0) is 17.8. The van der Waals surface area contributed by atoms with Crippen LogP contribution in [0.25, 0.3) is 0 Å². The van der Waals surface area contributed by atoms with Gasteiger partial charge in [0.15, 0.2) is 0 Å². The Kier molecular flexibility index (Phi) is 4.88. The van der Waals surface area contributed by atoms with E-state index >= 15 is 0 Å². The summed E-state index contributed by atoms with van der Waals surface area (Å²) < 4.78 is 16.1. The molecule has 6 nitrogen and oxygen atoms in total. The van der Waals surface area contributed by atoms with Crippen LogP contribution >= 0.6 is 0 Å². The van der Waals surface area contributed by atoms with E-state index in [1.807, 2.05) is 19.1 Å². The van der Waals surface area contributed by atoms with Gasteiger partial charge in [0.05, 0.1) is 25.5 Å². The molecule has 0 spiro atoms. The van der Waals surface area contributed by atoms with Crippen LogP contribution in [0.3, 0.4) is 0 Å². The Labute approximate surface area is 146 Å². The number of oxime groups is 1. The van der Waals surface area contributed by atoms with E-state index in [0.717, 1.165) is 5.56 Å². The molecule has 25 heavy (non-hydrogen) atoms. The Hall–Kier alpha value is -3.02. The van der Waals surface area contributed by atoms with Crippen LogP contribution < -0.4 is 14.2 Å². The molecule has 1 aliphatic heterocycles. The van der Waals surface area contributed by atoms with Gasteiger partial charge in [0.25, 0.3) is 0 Å². The third kappa shape index (κ3) is 3.74. The molecule has 0 radical (unpaired) electrons. The van der Waals surface area contributed by atoms with Crippen LogP contribution in [0, 0.1) is 0 Å². The normalized spacial score (nSPS) is 17.4. The van der Waals surface area contributed by atoms with Gasteiger partial charge in [-0.1, -0.05) is 11.2 Å². The molecule has 0 aliphatic carbocycles. The molecule has 1 heterocycles. The van der Waals surface area contributed by atoms with Crippen LogP contribution in [-0.4, -0.2) is 32.0 Å². The lowest BCUT2D eigenvalue weighted by atomic mass is 10.0. The van der Waals surface area contributed by atoms with Gasteiger partial charge in [-0.2, -0.15) is 0 Å². The highest BCUT2D eigenvalue weighted by molar-refractivity contribution is 6.04. The van der Waals surface area contributed by atoms with Gasteiger partial charge in [0, 0.05) is 18.1 Å². The number of fused-ring (bicyclic) bond motifs is 1.